The van der Waals surface area contributed by atoms with Gasteiger partial charge >= 0.3 is 5.97 Å². The Morgan fingerprint density at radius 3 is 2.59 bits per heavy atom. The number of aromatic carboxylic acids is 1. The van der Waals surface area contributed by atoms with Crippen LogP contribution >= 0.6 is 22.6 Å². The molecular formula is C25H24IN3O5. The van der Waals surface area contributed by atoms with E-state index in [1.54, 1.807) is 26.4 Å². The Balaban J connectivity index is 1.69. The van der Waals surface area contributed by atoms with Crippen molar-refractivity contribution in [1.29, 1.82) is 0 Å². The van der Waals surface area contributed by atoms with Crippen LogP contribution in [-0.4, -0.2) is 37.7 Å². The van der Waals surface area contributed by atoms with Gasteiger partial charge in [-0.1, -0.05) is 24.3 Å². The van der Waals surface area contributed by atoms with Crippen LogP contribution in [0.5, 0.6) is 11.5 Å². The minimum absolute atomic E-state index is 0.130. The third kappa shape index (κ3) is 5.26. The van der Waals surface area contributed by atoms with Gasteiger partial charge in [-0.05, 0) is 70.6 Å². The molecule has 3 aromatic carbocycles. The maximum atomic E-state index is 11.8. The quantitative estimate of drug-likeness (QED) is 0.325. The van der Waals surface area contributed by atoms with Crippen molar-refractivity contribution in [1.82, 2.24) is 5.48 Å². The van der Waals surface area contributed by atoms with Gasteiger partial charge in [-0.15, -0.1) is 0 Å². The third-order valence-corrected chi connectivity index (χ3v) is 6.17. The zero-order chi connectivity index (χ0) is 24.1. The Bertz CT molecular complexity index is 1200. The minimum atomic E-state index is -1.04. The van der Waals surface area contributed by atoms with Crippen molar-refractivity contribution in [2.45, 2.75) is 6.10 Å². The summed E-state index contributed by atoms with van der Waals surface area (Å²) >= 11 is 2.08. The fraction of sp³-hybridized carbons (Fsp3) is 0.200. The summed E-state index contributed by atoms with van der Waals surface area (Å²) in [5, 5.41) is 13.1. The molecule has 34 heavy (non-hydrogen) atoms. The molecule has 9 heteroatoms. The summed E-state index contributed by atoms with van der Waals surface area (Å²) < 4.78 is 11.5. The number of carboxylic acids is 1. The van der Waals surface area contributed by atoms with Gasteiger partial charge in [-0.3, -0.25) is 10.3 Å². The normalized spacial score (nSPS) is 18.4. The van der Waals surface area contributed by atoms with Crippen molar-refractivity contribution in [3.63, 3.8) is 0 Å². The number of carboxylic acid groups (broad SMARTS) is 1. The number of aliphatic imine (C=N–C) groups is 1. The predicted octanol–water partition coefficient (Wildman–Crippen LogP) is 5.04. The number of rotatable bonds is 8. The highest BCUT2D eigenvalue weighted by Crippen LogP contribution is 2.35. The fourth-order valence-electron chi connectivity index (χ4n) is 3.75. The number of halogens is 1. The number of para-hydroxylation sites is 2. The Morgan fingerprint density at radius 2 is 1.88 bits per heavy atom. The summed E-state index contributed by atoms with van der Waals surface area (Å²) in [5.41, 5.74) is 5.19. The SMILES string of the molecule is COc1ccc(C2ONC(=Nc3ccc(I)cc3C(=O)O)C2CNc2ccccc2OC)cc1. The second-order valence-electron chi connectivity index (χ2n) is 7.57. The van der Waals surface area contributed by atoms with Crippen LogP contribution in [0.1, 0.15) is 22.0 Å². The highest BCUT2D eigenvalue weighted by molar-refractivity contribution is 14.1. The monoisotopic (exact) mass is 573 g/mol. The van der Waals surface area contributed by atoms with Crippen molar-refractivity contribution in [2.24, 2.45) is 10.9 Å². The summed E-state index contributed by atoms with van der Waals surface area (Å²) in [5.74, 6) is 0.732. The number of hydroxylamine groups is 1. The predicted molar refractivity (Wildman–Crippen MR) is 138 cm³/mol. The van der Waals surface area contributed by atoms with Gasteiger partial charge in [0.25, 0.3) is 0 Å². The van der Waals surface area contributed by atoms with Gasteiger partial charge in [0, 0.05) is 10.1 Å². The van der Waals surface area contributed by atoms with Gasteiger partial charge in [0.15, 0.2) is 0 Å². The van der Waals surface area contributed by atoms with Crippen LogP contribution in [0.4, 0.5) is 11.4 Å². The molecule has 1 aliphatic heterocycles. The lowest BCUT2D eigenvalue weighted by Gasteiger charge is -2.19. The van der Waals surface area contributed by atoms with Crippen molar-refractivity contribution in [2.75, 3.05) is 26.1 Å². The molecule has 0 amide bonds. The molecule has 4 rings (SSSR count). The molecular weight excluding hydrogens is 549 g/mol. The molecule has 3 N–H and O–H groups in total. The van der Waals surface area contributed by atoms with E-state index in [4.69, 9.17) is 14.3 Å². The molecule has 0 aliphatic carbocycles. The van der Waals surface area contributed by atoms with Crippen LogP contribution in [0.25, 0.3) is 0 Å². The zero-order valence-corrected chi connectivity index (χ0v) is 20.8. The highest BCUT2D eigenvalue weighted by atomic mass is 127. The van der Waals surface area contributed by atoms with Gasteiger partial charge in [0.1, 0.15) is 23.4 Å². The molecule has 0 bridgehead atoms. The number of anilines is 1. The smallest absolute Gasteiger partial charge is 0.337 e. The summed E-state index contributed by atoms with van der Waals surface area (Å²) in [6, 6.07) is 20.4. The van der Waals surface area contributed by atoms with Crippen LogP contribution in [0.3, 0.4) is 0 Å². The Morgan fingerprint density at radius 1 is 1.12 bits per heavy atom. The first kappa shape index (κ1) is 23.8. The second kappa shape index (κ2) is 10.7. The van der Waals surface area contributed by atoms with Gasteiger partial charge in [-0.2, -0.15) is 0 Å². The Hall–Kier alpha value is -3.31. The molecule has 1 aliphatic rings. The zero-order valence-electron chi connectivity index (χ0n) is 18.6. The highest BCUT2D eigenvalue weighted by Gasteiger charge is 2.36. The molecule has 0 radical (unpaired) electrons. The number of benzene rings is 3. The topological polar surface area (TPSA) is 101 Å². The van der Waals surface area contributed by atoms with E-state index < -0.39 is 5.97 Å². The van der Waals surface area contributed by atoms with Crippen LogP contribution in [0, 0.1) is 9.49 Å². The molecule has 8 nitrogen and oxygen atoms in total. The number of nitrogens with one attached hydrogen (secondary N) is 2. The largest absolute Gasteiger partial charge is 0.497 e. The van der Waals surface area contributed by atoms with Gasteiger partial charge < -0.3 is 19.9 Å². The summed E-state index contributed by atoms with van der Waals surface area (Å²) in [6.45, 7) is 0.468. The van der Waals surface area contributed by atoms with Crippen LogP contribution in [-0.2, 0) is 4.84 Å². The van der Waals surface area contributed by atoms with Crippen LogP contribution < -0.4 is 20.3 Å². The van der Waals surface area contributed by atoms with Crippen molar-refractivity contribution in [3.05, 3.63) is 81.4 Å². The first-order valence-electron chi connectivity index (χ1n) is 10.5. The molecule has 176 valence electrons. The lowest BCUT2D eigenvalue weighted by atomic mass is 9.95. The van der Waals surface area contributed by atoms with Gasteiger partial charge in [-0.25, -0.2) is 9.79 Å². The number of hydrogen-bond donors (Lipinski definition) is 3. The molecule has 2 atom stereocenters. The van der Waals surface area contributed by atoms with Crippen molar-refractivity contribution < 1.29 is 24.2 Å². The number of carbonyl (C=O) groups is 1. The van der Waals surface area contributed by atoms with Gasteiger partial charge in [0.05, 0.1) is 37.1 Å². The van der Waals surface area contributed by atoms with Crippen LogP contribution in [0.2, 0.25) is 0 Å². The lowest BCUT2D eigenvalue weighted by molar-refractivity contribution is 0.0296. The minimum Gasteiger partial charge on any atom is -0.497 e. The molecule has 0 aromatic heterocycles. The van der Waals surface area contributed by atoms with Gasteiger partial charge in [0.2, 0.25) is 0 Å². The standard InChI is InChI=1S/C25H24IN3O5/c1-32-17-10-7-15(8-11-17)23-19(14-27-21-5-3-4-6-22(21)33-2)24(29-34-23)28-20-12-9-16(26)13-18(20)25(30)31/h3-13,19,23,27H,14H2,1-2H3,(H,28,29)(H,30,31). The lowest BCUT2D eigenvalue weighted by Crippen LogP contribution is -2.27. The average molecular weight is 573 g/mol. The molecule has 1 heterocycles. The third-order valence-electron chi connectivity index (χ3n) is 5.50. The maximum Gasteiger partial charge on any atom is 0.337 e. The van der Waals surface area contributed by atoms with E-state index in [1.165, 1.54) is 0 Å². The number of hydrogen-bond acceptors (Lipinski definition) is 6. The number of methoxy groups -OCH3 is 2. The fourth-order valence-corrected chi connectivity index (χ4v) is 4.24. The summed E-state index contributed by atoms with van der Waals surface area (Å²) in [4.78, 5) is 22.4. The van der Waals surface area contributed by atoms with Crippen molar-refractivity contribution >= 4 is 45.8 Å². The Labute approximate surface area is 211 Å². The average Bonchev–Trinajstić information content (AvgIpc) is 3.26. The summed E-state index contributed by atoms with van der Waals surface area (Å²) in [6.07, 6.45) is -0.357. The van der Waals surface area contributed by atoms with E-state index in [9.17, 15) is 9.90 Å². The van der Waals surface area contributed by atoms with E-state index in [-0.39, 0.29) is 17.6 Å². The second-order valence-corrected chi connectivity index (χ2v) is 8.81. The summed E-state index contributed by atoms with van der Waals surface area (Å²) in [7, 11) is 3.24. The number of ether oxygens (including phenoxy) is 2. The molecule has 1 fully saturated rings. The van der Waals surface area contributed by atoms with E-state index in [1.807, 2.05) is 54.6 Å². The first-order chi connectivity index (χ1) is 16.5. The molecule has 0 saturated carbocycles. The van der Waals surface area contributed by atoms with Crippen LogP contribution in [0.15, 0.2) is 71.7 Å². The maximum absolute atomic E-state index is 11.8. The number of nitrogens with zero attached hydrogens (tertiary/aromatic N) is 1. The van der Waals surface area contributed by atoms with E-state index in [0.717, 1.165) is 26.3 Å². The molecule has 3 aromatic rings. The number of amidine groups is 1. The molecule has 1 saturated heterocycles. The molecule has 0 spiro atoms. The molecule has 2 unspecified atom stereocenters. The van der Waals surface area contributed by atoms with E-state index in [0.29, 0.717) is 18.1 Å². The first-order valence-corrected chi connectivity index (χ1v) is 11.6. The van der Waals surface area contributed by atoms with Crippen molar-refractivity contribution in [3.8, 4) is 11.5 Å². The van der Waals surface area contributed by atoms with E-state index >= 15 is 0 Å². The Kier molecular flexibility index (Phi) is 7.53. The van der Waals surface area contributed by atoms with E-state index in [2.05, 4.69) is 38.4 Å².